The molecule has 2 fully saturated rings. The predicted octanol–water partition coefficient (Wildman–Crippen LogP) is 0.435. The average molecular weight is 195 g/mol. The van der Waals surface area contributed by atoms with Crippen LogP contribution in [0.15, 0.2) is 4.42 Å². The highest BCUT2D eigenvalue weighted by molar-refractivity contribution is 4.99. The third kappa shape index (κ3) is 1.65. The van der Waals surface area contributed by atoms with Gasteiger partial charge in [-0.25, -0.2) is 0 Å². The van der Waals surface area contributed by atoms with Crippen LogP contribution in [0.2, 0.25) is 0 Å². The van der Waals surface area contributed by atoms with E-state index >= 15 is 0 Å². The summed E-state index contributed by atoms with van der Waals surface area (Å²) in [5.41, 5.74) is 0. The smallest absolute Gasteiger partial charge is 0.242 e. The number of ether oxygens (including phenoxy) is 1. The highest BCUT2D eigenvalue weighted by Crippen LogP contribution is 2.39. The van der Waals surface area contributed by atoms with Gasteiger partial charge in [0, 0.05) is 19.0 Å². The minimum Gasteiger partial charge on any atom is -0.422 e. The number of hydrogen-bond donors (Lipinski definition) is 1. The highest BCUT2D eigenvalue weighted by atomic mass is 16.5. The minimum atomic E-state index is 0.325. The van der Waals surface area contributed by atoms with E-state index in [1.807, 2.05) is 0 Å². The van der Waals surface area contributed by atoms with Crippen molar-refractivity contribution in [1.29, 1.82) is 0 Å². The maximum Gasteiger partial charge on any atom is 0.242 e. The lowest BCUT2D eigenvalue weighted by molar-refractivity contribution is -0.00246. The lowest BCUT2D eigenvalue weighted by atomic mass is 10.2. The minimum absolute atomic E-state index is 0.325. The molecule has 0 unspecified atom stereocenters. The molecule has 1 saturated carbocycles. The van der Waals surface area contributed by atoms with Crippen LogP contribution < -0.4 is 5.32 Å². The predicted molar refractivity (Wildman–Crippen MR) is 47.7 cm³/mol. The Morgan fingerprint density at radius 2 is 2.21 bits per heavy atom. The molecule has 1 aromatic rings. The van der Waals surface area contributed by atoms with Crippen molar-refractivity contribution in [3.63, 3.8) is 0 Å². The van der Waals surface area contributed by atoms with Crippen LogP contribution in [-0.2, 0) is 11.3 Å². The molecule has 14 heavy (non-hydrogen) atoms. The summed E-state index contributed by atoms with van der Waals surface area (Å²) in [5, 5.41) is 11.1. The average Bonchev–Trinajstić information content (AvgIpc) is 2.85. The second-order valence-corrected chi connectivity index (χ2v) is 3.90. The summed E-state index contributed by atoms with van der Waals surface area (Å²) in [4.78, 5) is 0. The Labute approximate surface area is 81.8 Å². The van der Waals surface area contributed by atoms with Crippen molar-refractivity contribution in [1.82, 2.24) is 15.5 Å². The summed E-state index contributed by atoms with van der Waals surface area (Å²) >= 11 is 0. The SMILES string of the molecule is C(OC1CNC1)c1nnc(C2CC2)o1. The first kappa shape index (κ1) is 8.38. The third-order valence-electron chi connectivity index (χ3n) is 2.60. The molecular weight excluding hydrogens is 182 g/mol. The Hall–Kier alpha value is -0.940. The molecule has 0 radical (unpaired) electrons. The van der Waals surface area contributed by atoms with Gasteiger partial charge in [0.15, 0.2) is 0 Å². The molecule has 3 rings (SSSR count). The monoisotopic (exact) mass is 195 g/mol. The molecular formula is C9H13N3O2. The first-order valence-corrected chi connectivity index (χ1v) is 5.06. The number of hydrogen-bond acceptors (Lipinski definition) is 5. The Balaban J connectivity index is 1.54. The van der Waals surface area contributed by atoms with Gasteiger partial charge in [-0.2, -0.15) is 0 Å². The number of rotatable bonds is 4. The zero-order valence-electron chi connectivity index (χ0n) is 7.90. The molecule has 1 N–H and O–H groups in total. The molecule has 1 aliphatic carbocycles. The van der Waals surface area contributed by atoms with E-state index in [0.717, 1.165) is 19.0 Å². The summed E-state index contributed by atoms with van der Waals surface area (Å²) in [5.74, 6) is 1.93. The normalized spacial score (nSPS) is 22.3. The van der Waals surface area contributed by atoms with Gasteiger partial charge in [-0.05, 0) is 12.8 Å². The van der Waals surface area contributed by atoms with E-state index in [2.05, 4.69) is 15.5 Å². The van der Waals surface area contributed by atoms with Crippen LogP contribution in [0, 0.1) is 0 Å². The fourth-order valence-corrected chi connectivity index (χ4v) is 1.39. The summed E-state index contributed by atoms with van der Waals surface area (Å²) in [6.07, 6.45) is 2.70. The van der Waals surface area contributed by atoms with Gasteiger partial charge in [-0.3, -0.25) is 0 Å². The van der Waals surface area contributed by atoms with E-state index < -0.39 is 0 Å². The maximum atomic E-state index is 5.52. The molecule has 0 aromatic carbocycles. The largest absolute Gasteiger partial charge is 0.422 e. The van der Waals surface area contributed by atoms with Gasteiger partial charge in [0.25, 0.3) is 0 Å². The van der Waals surface area contributed by atoms with E-state index in [0.29, 0.717) is 24.5 Å². The summed E-state index contributed by atoms with van der Waals surface area (Å²) in [6.45, 7) is 2.32. The molecule has 1 saturated heterocycles. The zero-order chi connectivity index (χ0) is 9.38. The molecule has 2 aliphatic rings. The molecule has 0 amide bonds. The van der Waals surface area contributed by atoms with Gasteiger partial charge in [0.1, 0.15) is 6.61 Å². The van der Waals surface area contributed by atoms with Gasteiger partial charge in [-0.15, -0.1) is 10.2 Å². The zero-order valence-corrected chi connectivity index (χ0v) is 7.90. The van der Waals surface area contributed by atoms with E-state index in [1.165, 1.54) is 12.8 Å². The fraction of sp³-hybridized carbons (Fsp3) is 0.778. The van der Waals surface area contributed by atoms with Crippen LogP contribution in [0.5, 0.6) is 0 Å². The lowest BCUT2D eigenvalue weighted by Crippen LogP contribution is -2.48. The van der Waals surface area contributed by atoms with Crippen molar-refractivity contribution in [2.45, 2.75) is 31.5 Å². The highest BCUT2D eigenvalue weighted by Gasteiger charge is 2.29. The topological polar surface area (TPSA) is 60.2 Å². The lowest BCUT2D eigenvalue weighted by Gasteiger charge is -2.26. The molecule has 5 heteroatoms. The van der Waals surface area contributed by atoms with Gasteiger partial charge in [0.2, 0.25) is 11.8 Å². The van der Waals surface area contributed by atoms with Crippen molar-refractivity contribution < 1.29 is 9.15 Å². The summed E-state index contributed by atoms with van der Waals surface area (Å²) in [6, 6.07) is 0. The maximum absolute atomic E-state index is 5.52. The van der Waals surface area contributed by atoms with E-state index in [4.69, 9.17) is 9.15 Å². The van der Waals surface area contributed by atoms with Crippen molar-refractivity contribution in [3.8, 4) is 0 Å². The molecule has 0 atom stereocenters. The Bertz CT molecular complexity index is 318. The molecule has 1 aliphatic heterocycles. The fourth-order valence-electron chi connectivity index (χ4n) is 1.39. The standard InChI is InChI=1S/C9H13N3O2/c1-2-6(1)9-12-11-8(14-9)5-13-7-3-10-4-7/h6-7,10H,1-5H2. The summed E-state index contributed by atoms with van der Waals surface area (Å²) < 4.78 is 11.0. The van der Waals surface area contributed by atoms with Gasteiger partial charge in [0.05, 0.1) is 6.10 Å². The first-order valence-electron chi connectivity index (χ1n) is 5.06. The van der Waals surface area contributed by atoms with Gasteiger partial charge >= 0.3 is 0 Å². The first-order chi connectivity index (χ1) is 6.92. The Kier molecular flexibility index (Phi) is 1.99. The second-order valence-electron chi connectivity index (χ2n) is 3.90. The van der Waals surface area contributed by atoms with Crippen molar-refractivity contribution in [2.75, 3.05) is 13.1 Å². The van der Waals surface area contributed by atoms with Gasteiger partial charge < -0.3 is 14.5 Å². The molecule has 2 heterocycles. The second kappa shape index (κ2) is 3.33. The van der Waals surface area contributed by atoms with Crippen LogP contribution >= 0.6 is 0 Å². The molecule has 76 valence electrons. The van der Waals surface area contributed by atoms with Crippen LogP contribution in [0.25, 0.3) is 0 Å². The van der Waals surface area contributed by atoms with Crippen molar-refractivity contribution in [3.05, 3.63) is 11.8 Å². The van der Waals surface area contributed by atoms with E-state index in [1.54, 1.807) is 0 Å². The van der Waals surface area contributed by atoms with Crippen molar-refractivity contribution >= 4 is 0 Å². The van der Waals surface area contributed by atoms with E-state index in [9.17, 15) is 0 Å². The molecule has 0 spiro atoms. The van der Waals surface area contributed by atoms with Crippen LogP contribution in [0.4, 0.5) is 0 Å². The number of aromatic nitrogens is 2. The quantitative estimate of drug-likeness (QED) is 0.755. The molecule has 0 bridgehead atoms. The van der Waals surface area contributed by atoms with Crippen LogP contribution in [0.1, 0.15) is 30.5 Å². The van der Waals surface area contributed by atoms with Crippen LogP contribution in [-0.4, -0.2) is 29.4 Å². The molecule has 1 aromatic heterocycles. The van der Waals surface area contributed by atoms with Crippen molar-refractivity contribution in [2.24, 2.45) is 0 Å². The Morgan fingerprint density at radius 3 is 2.86 bits per heavy atom. The Morgan fingerprint density at radius 1 is 1.36 bits per heavy atom. The summed E-state index contributed by atoms with van der Waals surface area (Å²) in [7, 11) is 0. The molecule has 5 nitrogen and oxygen atoms in total. The third-order valence-corrected chi connectivity index (χ3v) is 2.60. The van der Waals surface area contributed by atoms with Gasteiger partial charge in [-0.1, -0.05) is 0 Å². The van der Waals surface area contributed by atoms with Crippen LogP contribution in [0.3, 0.4) is 0 Å². The number of nitrogens with one attached hydrogen (secondary N) is 1. The van der Waals surface area contributed by atoms with E-state index in [-0.39, 0.29) is 0 Å². The number of nitrogens with zero attached hydrogens (tertiary/aromatic N) is 2.